The molecule has 0 aliphatic carbocycles. The zero-order valence-corrected chi connectivity index (χ0v) is 18.2. The molecule has 0 aromatic heterocycles. The normalized spacial score (nSPS) is 11.6. The van der Waals surface area contributed by atoms with Crippen LogP contribution in [0, 0.1) is 5.92 Å². The fraction of sp³-hybridized carbons (Fsp3) is 0.381. The highest BCUT2D eigenvalue weighted by atomic mass is 32.2. The first-order valence-electron chi connectivity index (χ1n) is 9.30. The van der Waals surface area contributed by atoms with Gasteiger partial charge < -0.3 is 14.8 Å². The molecule has 0 bridgehead atoms. The molecule has 2 rings (SSSR count). The Hall–Kier alpha value is -2.58. The van der Waals surface area contributed by atoms with E-state index < -0.39 is 10.0 Å². The van der Waals surface area contributed by atoms with E-state index >= 15 is 0 Å². The van der Waals surface area contributed by atoms with Crippen molar-refractivity contribution in [3.8, 4) is 11.5 Å². The van der Waals surface area contributed by atoms with Gasteiger partial charge in [-0.25, -0.2) is 12.7 Å². The fourth-order valence-corrected chi connectivity index (χ4v) is 3.36. The summed E-state index contributed by atoms with van der Waals surface area (Å²) in [7, 11) is 0.947. The second kappa shape index (κ2) is 9.76. The highest BCUT2D eigenvalue weighted by molar-refractivity contribution is 7.89. The number of hydrogen-bond donors (Lipinski definition) is 1. The fourth-order valence-electron chi connectivity index (χ4n) is 2.46. The van der Waals surface area contributed by atoms with Gasteiger partial charge in [0, 0.05) is 25.3 Å². The number of nitrogens with one attached hydrogen (secondary N) is 1. The largest absolute Gasteiger partial charge is 0.493 e. The van der Waals surface area contributed by atoms with Crippen LogP contribution in [-0.4, -0.2) is 46.4 Å². The van der Waals surface area contributed by atoms with Crippen molar-refractivity contribution in [3.05, 3.63) is 48.0 Å². The van der Waals surface area contributed by atoms with Crippen molar-refractivity contribution in [3.63, 3.8) is 0 Å². The molecule has 7 nitrogen and oxygen atoms in total. The maximum Gasteiger partial charge on any atom is 0.255 e. The second-order valence-corrected chi connectivity index (χ2v) is 9.31. The lowest BCUT2D eigenvalue weighted by Crippen LogP contribution is -2.22. The smallest absolute Gasteiger partial charge is 0.255 e. The van der Waals surface area contributed by atoms with Gasteiger partial charge in [0.1, 0.15) is 0 Å². The van der Waals surface area contributed by atoms with E-state index in [2.05, 4.69) is 19.2 Å². The van der Waals surface area contributed by atoms with Crippen LogP contribution in [0.2, 0.25) is 0 Å². The van der Waals surface area contributed by atoms with Crippen molar-refractivity contribution in [2.45, 2.75) is 25.2 Å². The van der Waals surface area contributed by atoms with Crippen LogP contribution in [0.25, 0.3) is 0 Å². The topological polar surface area (TPSA) is 84.9 Å². The number of nitrogens with zero attached hydrogens (tertiary/aromatic N) is 1. The van der Waals surface area contributed by atoms with Gasteiger partial charge in [0.25, 0.3) is 5.91 Å². The number of ether oxygens (including phenoxy) is 2. The minimum atomic E-state index is -3.51. The zero-order valence-electron chi connectivity index (χ0n) is 17.4. The van der Waals surface area contributed by atoms with E-state index in [1.165, 1.54) is 33.3 Å². The number of methoxy groups -OCH3 is 1. The van der Waals surface area contributed by atoms with Crippen molar-refractivity contribution in [1.82, 2.24) is 4.31 Å². The molecule has 2 aromatic carbocycles. The SMILES string of the molecule is COc1cc(C(=O)Nc2ccc(S(=O)(=O)N(C)C)cc2)ccc1OCCC(C)C. The van der Waals surface area contributed by atoms with Crippen LogP contribution >= 0.6 is 0 Å². The lowest BCUT2D eigenvalue weighted by molar-refractivity contribution is 0.102. The van der Waals surface area contributed by atoms with Gasteiger partial charge in [-0.05, 0) is 54.8 Å². The van der Waals surface area contributed by atoms with Gasteiger partial charge in [-0.2, -0.15) is 0 Å². The third-order valence-corrected chi connectivity index (χ3v) is 6.10. The molecule has 0 aliphatic rings. The van der Waals surface area contributed by atoms with Gasteiger partial charge >= 0.3 is 0 Å². The van der Waals surface area contributed by atoms with Crippen molar-refractivity contribution >= 4 is 21.6 Å². The first-order valence-corrected chi connectivity index (χ1v) is 10.7. The van der Waals surface area contributed by atoms with Crippen molar-refractivity contribution in [2.24, 2.45) is 5.92 Å². The summed E-state index contributed by atoms with van der Waals surface area (Å²) in [5.74, 6) is 1.27. The first-order chi connectivity index (χ1) is 13.6. The summed E-state index contributed by atoms with van der Waals surface area (Å²) in [6, 6.07) is 11.0. The lowest BCUT2D eigenvalue weighted by Gasteiger charge is -2.14. The quantitative estimate of drug-likeness (QED) is 0.670. The van der Waals surface area contributed by atoms with E-state index in [1.807, 2.05) is 0 Å². The molecule has 0 spiro atoms. The molecule has 8 heteroatoms. The van der Waals surface area contributed by atoms with Crippen LogP contribution in [0.1, 0.15) is 30.6 Å². The van der Waals surface area contributed by atoms with Crippen LogP contribution in [0.3, 0.4) is 0 Å². The van der Waals surface area contributed by atoms with E-state index in [9.17, 15) is 13.2 Å². The number of hydrogen-bond acceptors (Lipinski definition) is 5. The number of amides is 1. The number of sulfonamides is 1. The molecule has 0 fully saturated rings. The van der Waals surface area contributed by atoms with E-state index in [-0.39, 0.29) is 10.8 Å². The summed E-state index contributed by atoms with van der Waals surface area (Å²) < 4.78 is 36.4. The number of carbonyl (C=O) groups is 1. The maximum atomic E-state index is 12.6. The van der Waals surface area contributed by atoms with E-state index in [0.717, 1.165) is 10.7 Å². The monoisotopic (exact) mass is 420 g/mol. The molecular weight excluding hydrogens is 392 g/mol. The van der Waals surface area contributed by atoms with Gasteiger partial charge in [-0.3, -0.25) is 4.79 Å². The minimum absolute atomic E-state index is 0.157. The minimum Gasteiger partial charge on any atom is -0.493 e. The first kappa shape index (κ1) is 22.7. The molecule has 2 aromatic rings. The molecule has 0 atom stereocenters. The summed E-state index contributed by atoms with van der Waals surface area (Å²) >= 11 is 0. The molecule has 0 saturated heterocycles. The molecule has 158 valence electrons. The molecule has 0 saturated carbocycles. The van der Waals surface area contributed by atoms with Gasteiger partial charge in [0.2, 0.25) is 10.0 Å². The van der Waals surface area contributed by atoms with Crippen LogP contribution < -0.4 is 14.8 Å². The van der Waals surface area contributed by atoms with Gasteiger partial charge in [0.15, 0.2) is 11.5 Å². The van der Waals surface area contributed by atoms with E-state index in [1.54, 1.807) is 30.3 Å². The standard InChI is InChI=1S/C21H28N2O5S/c1-15(2)12-13-28-19-11-6-16(14-20(19)27-5)21(24)22-17-7-9-18(10-8-17)29(25,26)23(3)4/h6-11,14-15H,12-13H2,1-5H3,(H,22,24). The predicted molar refractivity (Wildman–Crippen MR) is 113 cm³/mol. The third kappa shape index (κ3) is 5.95. The highest BCUT2D eigenvalue weighted by Crippen LogP contribution is 2.29. The van der Waals surface area contributed by atoms with Crippen LogP contribution in [0.5, 0.6) is 11.5 Å². The highest BCUT2D eigenvalue weighted by Gasteiger charge is 2.17. The van der Waals surface area contributed by atoms with Gasteiger partial charge in [-0.1, -0.05) is 13.8 Å². The summed E-state index contributed by atoms with van der Waals surface area (Å²) in [4.78, 5) is 12.7. The number of anilines is 1. The Labute approximate surface area is 172 Å². The van der Waals surface area contributed by atoms with E-state index in [4.69, 9.17) is 9.47 Å². The molecule has 1 amide bonds. The average Bonchev–Trinajstić information content (AvgIpc) is 2.68. The molecule has 29 heavy (non-hydrogen) atoms. The van der Waals surface area contributed by atoms with Crippen molar-refractivity contribution in [2.75, 3.05) is 33.1 Å². The summed E-state index contributed by atoms with van der Waals surface area (Å²) in [5.41, 5.74) is 0.895. The van der Waals surface area contributed by atoms with Crippen molar-refractivity contribution in [1.29, 1.82) is 0 Å². The summed E-state index contributed by atoms with van der Waals surface area (Å²) in [6.45, 7) is 4.81. The lowest BCUT2D eigenvalue weighted by atomic mass is 10.1. The summed E-state index contributed by atoms with van der Waals surface area (Å²) in [6.07, 6.45) is 0.922. The molecule has 0 unspecified atom stereocenters. The Bertz CT molecular complexity index is 938. The van der Waals surface area contributed by atoms with Crippen molar-refractivity contribution < 1.29 is 22.7 Å². The second-order valence-electron chi connectivity index (χ2n) is 7.16. The number of benzene rings is 2. The van der Waals surface area contributed by atoms with Gasteiger partial charge in [-0.15, -0.1) is 0 Å². The van der Waals surface area contributed by atoms with Gasteiger partial charge in [0.05, 0.1) is 18.6 Å². The third-order valence-electron chi connectivity index (χ3n) is 4.27. The molecule has 0 aliphatic heterocycles. The molecule has 0 radical (unpaired) electrons. The van der Waals surface area contributed by atoms with E-state index in [0.29, 0.717) is 35.3 Å². The zero-order chi connectivity index (χ0) is 21.6. The Morgan fingerprint density at radius 1 is 1.07 bits per heavy atom. The Kier molecular flexibility index (Phi) is 7.64. The maximum absolute atomic E-state index is 12.6. The summed E-state index contributed by atoms with van der Waals surface area (Å²) in [5, 5.41) is 2.75. The Balaban J connectivity index is 2.10. The Morgan fingerprint density at radius 2 is 1.72 bits per heavy atom. The number of rotatable bonds is 9. The molecular formula is C21H28N2O5S. The van der Waals surface area contributed by atoms with Crippen LogP contribution in [-0.2, 0) is 10.0 Å². The Morgan fingerprint density at radius 3 is 2.28 bits per heavy atom. The average molecular weight is 421 g/mol. The van der Waals surface area contributed by atoms with Crippen LogP contribution in [0.15, 0.2) is 47.4 Å². The molecule has 0 heterocycles. The predicted octanol–water partition coefficient (Wildman–Crippen LogP) is 3.62. The van der Waals surface area contributed by atoms with Crippen LogP contribution in [0.4, 0.5) is 5.69 Å². The molecule has 1 N–H and O–H groups in total. The number of carbonyl (C=O) groups excluding carboxylic acids is 1.